The smallest absolute Gasteiger partial charge is 0.126 e. The lowest BCUT2D eigenvalue weighted by molar-refractivity contribution is 0.385. The minimum Gasteiger partial charge on any atom is -0.316 e. The minimum atomic E-state index is -0.111. The van der Waals surface area contributed by atoms with Gasteiger partial charge >= 0.3 is 0 Å². The van der Waals surface area contributed by atoms with Crippen molar-refractivity contribution in [2.75, 3.05) is 18.8 Å². The third kappa shape index (κ3) is 2.28. The van der Waals surface area contributed by atoms with Crippen LogP contribution in [-0.2, 0) is 0 Å². The normalized spacial score (nSPS) is 16.7. The molecular weight excluding hydrogens is 197 g/mol. The monoisotopic (exact) mass is 211 g/mol. The molecule has 1 aromatic rings. The molecule has 1 aromatic carbocycles. The molecule has 2 rings (SSSR count). The zero-order valence-corrected chi connectivity index (χ0v) is 9.03. The SMILES string of the molecule is Cc1cc(SCC2CNC2)ccc1F. The predicted molar refractivity (Wildman–Crippen MR) is 58.2 cm³/mol. The Bertz CT molecular complexity index is 323. The van der Waals surface area contributed by atoms with E-state index in [9.17, 15) is 4.39 Å². The fourth-order valence-electron chi connectivity index (χ4n) is 1.39. The highest BCUT2D eigenvalue weighted by Crippen LogP contribution is 2.23. The van der Waals surface area contributed by atoms with Crippen LogP contribution >= 0.6 is 11.8 Å². The molecule has 0 amide bonds. The summed E-state index contributed by atoms with van der Waals surface area (Å²) in [6.07, 6.45) is 0. The van der Waals surface area contributed by atoms with Gasteiger partial charge in [0.15, 0.2) is 0 Å². The largest absolute Gasteiger partial charge is 0.316 e. The molecule has 76 valence electrons. The van der Waals surface area contributed by atoms with Gasteiger partial charge < -0.3 is 5.32 Å². The molecular formula is C11H14FNS. The van der Waals surface area contributed by atoms with Gasteiger partial charge in [0.25, 0.3) is 0 Å². The fourth-order valence-corrected chi connectivity index (χ4v) is 2.48. The highest BCUT2D eigenvalue weighted by molar-refractivity contribution is 7.99. The van der Waals surface area contributed by atoms with Crippen LogP contribution in [0.15, 0.2) is 23.1 Å². The molecule has 1 nitrogen and oxygen atoms in total. The average Bonchev–Trinajstić information content (AvgIpc) is 2.08. The van der Waals surface area contributed by atoms with Gasteiger partial charge in [-0.05, 0) is 49.7 Å². The van der Waals surface area contributed by atoms with Gasteiger partial charge in [-0.2, -0.15) is 0 Å². The van der Waals surface area contributed by atoms with E-state index >= 15 is 0 Å². The number of thioether (sulfide) groups is 1. The Kier molecular flexibility index (Phi) is 3.08. The molecule has 0 radical (unpaired) electrons. The van der Waals surface area contributed by atoms with E-state index < -0.39 is 0 Å². The van der Waals surface area contributed by atoms with Gasteiger partial charge in [0.05, 0.1) is 0 Å². The van der Waals surface area contributed by atoms with Crippen molar-refractivity contribution in [1.29, 1.82) is 0 Å². The van der Waals surface area contributed by atoms with Crippen molar-refractivity contribution >= 4 is 11.8 Å². The summed E-state index contributed by atoms with van der Waals surface area (Å²) in [6, 6.07) is 5.34. The first-order valence-corrected chi connectivity index (χ1v) is 5.84. The lowest BCUT2D eigenvalue weighted by atomic mass is 10.1. The lowest BCUT2D eigenvalue weighted by Crippen LogP contribution is -2.43. The third-order valence-electron chi connectivity index (χ3n) is 2.48. The number of nitrogens with one attached hydrogen (secondary N) is 1. The second-order valence-corrected chi connectivity index (χ2v) is 4.84. The van der Waals surface area contributed by atoms with Crippen molar-refractivity contribution in [1.82, 2.24) is 5.32 Å². The molecule has 0 saturated carbocycles. The number of hydrogen-bond acceptors (Lipinski definition) is 2. The summed E-state index contributed by atoms with van der Waals surface area (Å²) < 4.78 is 13.0. The summed E-state index contributed by atoms with van der Waals surface area (Å²) in [4.78, 5) is 1.18. The van der Waals surface area contributed by atoms with Crippen molar-refractivity contribution in [2.45, 2.75) is 11.8 Å². The first kappa shape index (κ1) is 9.99. The van der Waals surface area contributed by atoms with Crippen LogP contribution in [0, 0.1) is 18.7 Å². The maximum absolute atomic E-state index is 13.0. The topological polar surface area (TPSA) is 12.0 Å². The molecule has 0 unspecified atom stereocenters. The van der Waals surface area contributed by atoms with Gasteiger partial charge in [-0.25, -0.2) is 4.39 Å². The van der Waals surface area contributed by atoms with E-state index in [1.807, 2.05) is 30.8 Å². The quantitative estimate of drug-likeness (QED) is 0.771. The molecule has 3 heteroatoms. The second kappa shape index (κ2) is 4.32. The Labute approximate surface area is 88.1 Å². The van der Waals surface area contributed by atoms with Crippen LogP contribution in [0.5, 0.6) is 0 Å². The van der Waals surface area contributed by atoms with Crippen LogP contribution in [0.25, 0.3) is 0 Å². The van der Waals surface area contributed by atoms with E-state index in [4.69, 9.17) is 0 Å². The zero-order chi connectivity index (χ0) is 9.97. The summed E-state index contributed by atoms with van der Waals surface area (Å²) in [7, 11) is 0. The maximum Gasteiger partial charge on any atom is 0.126 e. The molecule has 0 spiro atoms. The standard InChI is InChI=1S/C11H14FNS/c1-8-4-10(2-3-11(8)12)14-7-9-5-13-6-9/h2-4,9,13H,5-7H2,1H3. The molecule has 0 aromatic heterocycles. The molecule has 1 aliphatic heterocycles. The molecule has 0 atom stereocenters. The van der Waals surface area contributed by atoms with Gasteiger partial charge in [0.1, 0.15) is 5.82 Å². The summed E-state index contributed by atoms with van der Waals surface area (Å²) >= 11 is 1.82. The Morgan fingerprint density at radius 3 is 2.86 bits per heavy atom. The Balaban J connectivity index is 1.91. The molecule has 14 heavy (non-hydrogen) atoms. The van der Waals surface area contributed by atoms with Crippen LogP contribution in [-0.4, -0.2) is 18.8 Å². The van der Waals surface area contributed by atoms with Crippen molar-refractivity contribution in [2.24, 2.45) is 5.92 Å². The highest BCUT2D eigenvalue weighted by atomic mass is 32.2. The van der Waals surface area contributed by atoms with E-state index in [1.54, 1.807) is 6.07 Å². The van der Waals surface area contributed by atoms with Gasteiger partial charge in [0.2, 0.25) is 0 Å². The minimum absolute atomic E-state index is 0.111. The first-order valence-electron chi connectivity index (χ1n) is 4.85. The van der Waals surface area contributed by atoms with Crippen LogP contribution in [0.2, 0.25) is 0 Å². The van der Waals surface area contributed by atoms with Crippen LogP contribution in [0.4, 0.5) is 4.39 Å². The summed E-state index contributed by atoms with van der Waals surface area (Å²) in [5.74, 6) is 1.82. The third-order valence-corrected chi connectivity index (χ3v) is 3.71. The predicted octanol–water partition coefficient (Wildman–Crippen LogP) is 2.45. The highest BCUT2D eigenvalue weighted by Gasteiger charge is 2.16. The Morgan fingerprint density at radius 1 is 1.50 bits per heavy atom. The maximum atomic E-state index is 13.0. The van der Waals surface area contributed by atoms with Crippen molar-refractivity contribution < 1.29 is 4.39 Å². The molecule has 1 N–H and O–H groups in total. The van der Waals surface area contributed by atoms with Crippen molar-refractivity contribution in [3.63, 3.8) is 0 Å². The number of halogens is 1. The van der Waals surface area contributed by atoms with Crippen LogP contribution in [0.1, 0.15) is 5.56 Å². The number of rotatable bonds is 3. The Hall–Kier alpha value is -0.540. The summed E-state index contributed by atoms with van der Waals surface area (Å²) in [6.45, 7) is 4.07. The molecule has 0 aliphatic carbocycles. The Morgan fingerprint density at radius 2 is 2.29 bits per heavy atom. The van der Waals surface area contributed by atoms with Gasteiger partial charge in [-0.1, -0.05) is 0 Å². The number of hydrogen-bond donors (Lipinski definition) is 1. The number of aryl methyl sites for hydroxylation is 1. The molecule has 1 saturated heterocycles. The van der Waals surface area contributed by atoms with E-state index in [0.717, 1.165) is 30.3 Å². The summed E-state index contributed by atoms with van der Waals surface area (Å²) in [5.41, 5.74) is 0.738. The molecule has 1 heterocycles. The summed E-state index contributed by atoms with van der Waals surface area (Å²) in [5, 5.41) is 3.24. The van der Waals surface area contributed by atoms with Crippen LogP contribution < -0.4 is 5.32 Å². The fraction of sp³-hybridized carbons (Fsp3) is 0.455. The molecule has 0 bridgehead atoms. The van der Waals surface area contributed by atoms with Gasteiger partial charge in [-0.15, -0.1) is 11.8 Å². The van der Waals surface area contributed by atoms with Crippen molar-refractivity contribution in [3.8, 4) is 0 Å². The van der Waals surface area contributed by atoms with E-state index in [2.05, 4.69) is 5.32 Å². The van der Waals surface area contributed by atoms with Crippen molar-refractivity contribution in [3.05, 3.63) is 29.6 Å². The average molecular weight is 211 g/mol. The molecule has 1 aliphatic rings. The zero-order valence-electron chi connectivity index (χ0n) is 8.22. The first-order chi connectivity index (χ1) is 6.75. The van der Waals surface area contributed by atoms with Gasteiger partial charge in [-0.3, -0.25) is 0 Å². The molecule has 1 fully saturated rings. The van der Waals surface area contributed by atoms with E-state index in [0.29, 0.717) is 0 Å². The lowest BCUT2D eigenvalue weighted by Gasteiger charge is -2.26. The van der Waals surface area contributed by atoms with Crippen LogP contribution in [0.3, 0.4) is 0 Å². The number of benzene rings is 1. The van der Waals surface area contributed by atoms with Gasteiger partial charge in [0, 0.05) is 10.6 Å². The second-order valence-electron chi connectivity index (χ2n) is 3.75. The van der Waals surface area contributed by atoms with E-state index in [-0.39, 0.29) is 5.82 Å². The van der Waals surface area contributed by atoms with E-state index in [1.165, 1.54) is 4.90 Å².